The summed E-state index contributed by atoms with van der Waals surface area (Å²) in [6, 6.07) is 66.6. The zero-order valence-corrected chi connectivity index (χ0v) is 42.6. The molecular formula is C68H50N8. The molecule has 5 aromatic heterocycles. The summed E-state index contributed by atoms with van der Waals surface area (Å²) < 4.78 is 4.91. The first-order chi connectivity index (χ1) is 37.2. The van der Waals surface area contributed by atoms with Gasteiger partial charge in [0.1, 0.15) is 22.7 Å². The molecule has 0 saturated carbocycles. The first-order valence-corrected chi connectivity index (χ1v) is 26.4. The van der Waals surface area contributed by atoms with Gasteiger partial charge in [-0.05, 0) is 126 Å². The second kappa shape index (κ2) is 15.6. The monoisotopic (exact) mass is 978 g/mol. The van der Waals surface area contributed by atoms with Crippen LogP contribution in [0, 0.1) is 0 Å². The highest BCUT2D eigenvalue weighted by Gasteiger charge is 2.40. The minimum absolute atomic E-state index is 0.313. The summed E-state index contributed by atoms with van der Waals surface area (Å²) in [6.07, 6.45) is 10.2. The van der Waals surface area contributed by atoms with Gasteiger partial charge in [-0.1, -0.05) is 131 Å². The van der Waals surface area contributed by atoms with Crippen molar-refractivity contribution in [1.82, 2.24) is 29.1 Å². The Bertz CT molecular complexity index is 4630. The summed E-state index contributed by atoms with van der Waals surface area (Å²) in [5.41, 5.74) is 20.4. The average molecular weight is 979 g/mol. The van der Waals surface area contributed by atoms with Crippen molar-refractivity contribution in [2.24, 2.45) is 0 Å². The van der Waals surface area contributed by atoms with Crippen molar-refractivity contribution >= 4 is 106 Å². The maximum atomic E-state index is 5.74. The molecule has 0 N–H and O–H groups in total. The van der Waals surface area contributed by atoms with Crippen molar-refractivity contribution in [3.63, 3.8) is 0 Å². The van der Waals surface area contributed by atoms with Crippen LogP contribution in [0.5, 0.6) is 0 Å². The summed E-state index contributed by atoms with van der Waals surface area (Å²) in [5.74, 6) is 1.61. The predicted molar refractivity (Wildman–Crippen MR) is 312 cm³/mol. The van der Waals surface area contributed by atoms with E-state index in [2.05, 4.69) is 241 Å². The van der Waals surface area contributed by atoms with Crippen molar-refractivity contribution in [3.05, 3.63) is 234 Å². The van der Waals surface area contributed by atoms with Gasteiger partial charge in [-0.25, -0.2) is 9.97 Å². The van der Waals surface area contributed by atoms with Crippen LogP contribution in [0.3, 0.4) is 0 Å². The number of allylic oxidation sites excluding steroid dienone is 1. The van der Waals surface area contributed by atoms with E-state index in [1.54, 1.807) is 12.4 Å². The lowest BCUT2D eigenvalue weighted by Crippen LogP contribution is -2.31. The van der Waals surface area contributed by atoms with Crippen LogP contribution in [-0.4, -0.2) is 29.1 Å². The van der Waals surface area contributed by atoms with Crippen LogP contribution >= 0.6 is 0 Å². The molecular weight excluding hydrogens is 929 g/mol. The fraction of sp³-hybridized carbons (Fsp3) is 0.118. The van der Waals surface area contributed by atoms with Gasteiger partial charge in [0.25, 0.3) is 0 Å². The molecule has 0 saturated heterocycles. The number of rotatable bonds is 4. The number of hydrogen-bond donors (Lipinski definition) is 0. The number of para-hydroxylation sites is 5. The molecule has 76 heavy (non-hydrogen) atoms. The lowest BCUT2D eigenvalue weighted by molar-refractivity contribution is 0.630. The van der Waals surface area contributed by atoms with Crippen molar-refractivity contribution in [2.75, 3.05) is 9.80 Å². The molecule has 13 aromatic rings. The lowest BCUT2D eigenvalue weighted by atomic mass is 9.73. The van der Waals surface area contributed by atoms with Crippen LogP contribution in [0.1, 0.15) is 67.6 Å². The molecule has 362 valence electrons. The van der Waals surface area contributed by atoms with E-state index in [1.165, 1.54) is 71.9 Å². The van der Waals surface area contributed by atoms with E-state index < -0.39 is 0 Å². The molecule has 8 aromatic carbocycles. The van der Waals surface area contributed by atoms with E-state index in [4.69, 9.17) is 19.9 Å². The third kappa shape index (κ3) is 5.84. The first-order valence-electron chi connectivity index (χ1n) is 26.4. The molecule has 0 atom stereocenters. The van der Waals surface area contributed by atoms with Crippen molar-refractivity contribution in [3.8, 4) is 11.4 Å². The second-order valence-electron chi connectivity index (χ2n) is 21.8. The molecule has 3 aliphatic rings. The van der Waals surface area contributed by atoms with Gasteiger partial charge in [0.15, 0.2) is 0 Å². The second-order valence-corrected chi connectivity index (χ2v) is 21.8. The molecule has 2 aliphatic heterocycles. The summed E-state index contributed by atoms with van der Waals surface area (Å²) >= 11 is 0. The lowest BCUT2D eigenvalue weighted by Gasteiger charge is -2.42. The maximum absolute atomic E-state index is 5.74. The largest absolute Gasteiger partial charge is 0.313 e. The van der Waals surface area contributed by atoms with E-state index in [9.17, 15) is 0 Å². The highest BCUT2D eigenvalue weighted by atomic mass is 15.2. The molecule has 0 bridgehead atoms. The zero-order chi connectivity index (χ0) is 50.6. The normalized spacial score (nSPS) is 15.1. The minimum Gasteiger partial charge on any atom is -0.313 e. The third-order valence-electron chi connectivity index (χ3n) is 17.0. The van der Waals surface area contributed by atoms with Crippen LogP contribution < -0.4 is 9.80 Å². The number of nitrogens with zero attached hydrogens (tertiary/aromatic N) is 8. The average Bonchev–Trinajstić information content (AvgIpc) is 4.07. The molecule has 16 rings (SSSR count). The van der Waals surface area contributed by atoms with Crippen LogP contribution in [0.4, 0.5) is 34.4 Å². The number of aromatic nitrogens is 6. The van der Waals surface area contributed by atoms with E-state index >= 15 is 0 Å². The van der Waals surface area contributed by atoms with E-state index in [-0.39, 0.29) is 10.8 Å². The van der Waals surface area contributed by atoms with Gasteiger partial charge in [-0.3, -0.25) is 19.8 Å². The van der Waals surface area contributed by atoms with Crippen LogP contribution in [0.25, 0.3) is 83.0 Å². The highest BCUT2D eigenvalue weighted by molar-refractivity contribution is 6.21. The molecule has 0 unspecified atom stereocenters. The van der Waals surface area contributed by atoms with Crippen LogP contribution in [-0.2, 0) is 17.3 Å². The molecule has 0 spiro atoms. The Morgan fingerprint density at radius 1 is 0.395 bits per heavy atom. The fourth-order valence-electron chi connectivity index (χ4n) is 13.4. The first kappa shape index (κ1) is 43.0. The SMILES string of the molecule is CC1(C)c2ccccc2N(c2ccc3c4nccnc4c4ccc(N5c6ccccc6C(C)(C)c6cc(-n7c8ccccc8c8ccccc87)ccc65)nc4c3n2)c2ccc(-n3c4c(c5ccccc53)C=CCC4)cc21. The molecule has 0 amide bonds. The van der Waals surface area contributed by atoms with Crippen molar-refractivity contribution in [2.45, 2.75) is 51.4 Å². The number of fused-ring (bicyclic) bond motifs is 16. The molecule has 1 aliphatic carbocycles. The van der Waals surface area contributed by atoms with Gasteiger partial charge in [-0.2, -0.15) is 0 Å². The summed E-state index contributed by atoms with van der Waals surface area (Å²) in [6.45, 7) is 9.42. The van der Waals surface area contributed by atoms with Gasteiger partial charge >= 0.3 is 0 Å². The molecule has 0 radical (unpaired) electrons. The Hall–Kier alpha value is -9.40. The Kier molecular flexibility index (Phi) is 8.82. The van der Waals surface area contributed by atoms with Gasteiger partial charge < -0.3 is 9.13 Å². The van der Waals surface area contributed by atoms with Gasteiger partial charge in [0.2, 0.25) is 0 Å². The van der Waals surface area contributed by atoms with Gasteiger partial charge in [-0.15, -0.1) is 0 Å². The fourth-order valence-corrected chi connectivity index (χ4v) is 13.4. The molecule has 0 fully saturated rings. The number of anilines is 6. The molecule has 8 heteroatoms. The Morgan fingerprint density at radius 3 is 1.38 bits per heavy atom. The summed E-state index contributed by atoms with van der Waals surface area (Å²) in [7, 11) is 0. The Morgan fingerprint density at radius 2 is 0.842 bits per heavy atom. The third-order valence-corrected chi connectivity index (χ3v) is 17.0. The quantitative estimate of drug-likeness (QED) is 0.164. The number of benzene rings is 8. The molecule has 7 heterocycles. The van der Waals surface area contributed by atoms with E-state index in [0.717, 1.165) is 85.8 Å². The summed E-state index contributed by atoms with van der Waals surface area (Å²) in [5, 5.41) is 5.58. The van der Waals surface area contributed by atoms with Crippen molar-refractivity contribution < 1.29 is 0 Å². The zero-order valence-electron chi connectivity index (χ0n) is 42.6. The van der Waals surface area contributed by atoms with E-state index in [1.807, 2.05) is 0 Å². The van der Waals surface area contributed by atoms with Crippen LogP contribution in [0.2, 0.25) is 0 Å². The smallest absolute Gasteiger partial charge is 0.138 e. The maximum Gasteiger partial charge on any atom is 0.138 e. The molecule has 8 nitrogen and oxygen atoms in total. The van der Waals surface area contributed by atoms with Crippen molar-refractivity contribution in [1.29, 1.82) is 0 Å². The Labute approximate surface area is 439 Å². The summed E-state index contributed by atoms with van der Waals surface area (Å²) in [4.78, 5) is 26.1. The van der Waals surface area contributed by atoms with E-state index in [0.29, 0.717) is 0 Å². The Balaban J connectivity index is 0.898. The standard InChI is InChI=1S/C68H50N8/c1-67(2)49-21-9-15-27-57(49)75(59-33-29-41(39-51(59)67)73-53-23-11-5-17-43(53)44-18-6-12-24-54(44)73)61-35-31-47-63-64(70-38-37-69-63)48-32-36-62(72-66(48)65(47)71-61)76-58-28-16-10-22-50(58)68(3,4)52-40-42(30-34-60(52)76)74-55-25-13-7-19-45(55)46-20-8-14-26-56(46)74/h5-13,15-25,27-40H,14,26H2,1-4H3. The van der Waals surface area contributed by atoms with Crippen LogP contribution in [0.15, 0.2) is 200 Å². The minimum atomic E-state index is -0.328. The van der Waals surface area contributed by atoms with Gasteiger partial charge in [0.05, 0.1) is 50.3 Å². The number of pyridine rings is 2. The number of hydrogen-bond acceptors (Lipinski definition) is 6. The highest BCUT2D eigenvalue weighted by Crippen LogP contribution is 2.55. The predicted octanol–water partition coefficient (Wildman–Crippen LogP) is 16.9. The van der Waals surface area contributed by atoms with Gasteiger partial charge in [0, 0.05) is 72.8 Å². The topological polar surface area (TPSA) is 67.9 Å².